The molecule has 1 saturated heterocycles. The van der Waals surface area contributed by atoms with Crippen molar-refractivity contribution < 1.29 is 24.1 Å². The van der Waals surface area contributed by atoms with Gasteiger partial charge >= 0.3 is 5.97 Å². The van der Waals surface area contributed by atoms with Crippen molar-refractivity contribution in [3.05, 3.63) is 58.1 Å². The lowest BCUT2D eigenvalue weighted by molar-refractivity contribution is -0.136. The topological polar surface area (TPSA) is 65.0 Å². The summed E-state index contributed by atoms with van der Waals surface area (Å²) in [5.74, 6) is 0.456. The monoisotopic (exact) mass is 420 g/mol. The van der Waals surface area contributed by atoms with Crippen molar-refractivity contribution in [3.63, 3.8) is 0 Å². The summed E-state index contributed by atoms with van der Waals surface area (Å²) >= 11 is 3.50. The van der Waals surface area contributed by atoms with Crippen molar-refractivity contribution in [3.8, 4) is 11.5 Å². The highest BCUT2D eigenvalue weighted by atomic mass is 79.9. The number of ether oxygens (including phenoxy) is 3. The van der Waals surface area contributed by atoms with E-state index in [-0.39, 0.29) is 12.5 Å². The van der Waals surface area contributed by atoms with Gasteiger partial charge in [0.15, 0.2) is 0 Å². The van der Waals surface area contributed by atoms with E-state index < -0.39 is 5.97 Å². The molecule has 0 unspecified atom stereocenters. The molecule has 1 aliphatic rings. The molecule has 2 aromatic carbocycles. The third-order valence-electron chi connectivity index (χ3n) is 4.10. The Morgan fingerprint density at radius 3 is 2.85 bits per heavy atom. The molecule has 0 amide bonds. The maximum absolute atomic E-state index is 11.0. The second-order valence-electron chi connectivity index (χ2n) is 6.21. The zero-order chi connectivity index (χ0) is 18.4. The smallest absolute Gasteiger partial charge is 0.307 e. The molecular formula is C20H21BrO5. The second kappa shape index (κ2) is 9.05. The number of aliphatic carboxylic acids is 1. The van der Waals surface area contributed by atoms with Gasteiger partial charge in [-0.25, -0.2) is 0 Å². The lowest BCUT2D eigenvalue weighted by Gasteiger charge is -2.14. The number of rotatable bonds is 8. The molecule has 0 saturated carbocycles. The van der Waals surface area contributed by atoms with E-state index in [1.54, 1.807) is 18.2 Å². The number of carbonyl (C=O) groups is 1. The van der Waals surface area contributed by atoms with E-state index >= 15 is 0 Å². The third kappa shape index (κ3) is 5.47. The number of hydrogen-bond acceptors (Lipinski definition) is 4. The maximum Gasteiger partial charge on any atom is 0.307 e. The molecule has 26 heavy (non-hydrogen) atoms. The molecule has 138 valence electrons. The van der Waals surface area contributed by atoms with Crippen LogP contribution in [-0.4, -0.2) is 30.4 Å². The van der Waals surface area contributed by atoms with Crippen LogP contribution in [0, 0.1) is 0 Å². The first-order valence-electron chi connectivity index (χ1n) is 8.56. The van der Waals surface area contributed by atoms with E-state index in [0.717, 1.165) is 35.2 Å². The predicted octanol–water partition coefficient (Wildman–Crippen LogP) is 4.21. The number of para-hydroxylation sites is 1. The van der Waals surface area contributed by atoms with Crippen molar-refractivity contribution in [1.29, 1.82) is 0 Å². The van der Waals surface area contributed by atoms with Gasteiger partial charge in [0.05, 0.1) is 12.5 Å². The molecule has 3 rings (SSSR count). The zero-order valence-corrected chi connectivity index (χ0v) is 15.9. The maximum atomic E-state index is 11.0. The van der Waals surface area contributed by atoms with Gasteiger partial charge in [-0.15, -0.1) is 0 Å². The first-order chi connectivity index (χ1) is 12.6. The third-order valence-corrected chi connectivity index (χ3v) is 4.56. The second-order valence-corrected chi connectivity index (χ2v) is 7.12. The summed E-state index contributed by atoms with van der Waals surface area (Å²) in [6.45, 7) is 1.67. The number of halogens is 1. The molecule has 0 spiro atoms. The van der Waals surface area contributed by atoms with Gasteiger partial charge in [0.25, 0.3) is 0 Å². The summed E-state index contributed by atoms with van der Waals surface area (Å²) in [5, 5.41) is 9.01. The Balaban J connectivity index is 1.63. The summed E-state index contributed by atoms with van der Waals surface area (Å²) in [6.07, 6.45) is 2.22. The van der Waals surface area contributed by atoms with E-state index in [2.05, 4.69) is 15.9 Å². The molecule has 5 nitrogen and oxygen atoms in total. The normalized spacial score (nSPS) is 16.4. The average Bonchev–Trinajstić information content (AvgIpc) is 3.12. The highest BCUT2D eigenvalue weighted by Crippen LogP contribution is 2.25. The minimum atomic E-state index is -0.881. The van der Waals surface area contributed by atoms with Crippen LogP contribution in [-0.2, 0) is 22.6 Å². The molecule has 1 heterocycles. The lowest BCUT2D eigenvalue weighted by Crippen LogP contribution is -2.16. The lowest BCUT2D eigenvalue weighted by atomic mass is 10.1. The van der Waals surface area contributed by atoms with Crippen LogP contribution in [0.2, 0.25) is 0 Å². The van der Waals surface area contributed by atoms with Crippen LogP contribution < -0.4 is 9.47 Å². The van der Waals surface area contributed by atoms with Crippen molar-refractivity contribution in [2.75, 3.05) is 13.2 Å². The van der Waals surface area contributed by atoms with Crippen molar-refractivity contribution >= 4 is 21.9 Å². The molecule has 1 aliphatic heterocycles. The van der Waals surface area contributed by atoms with Gasteiger partial charge in [0.2, 0.25) is 0 Å². The molecule has 1 fully saturated rings. The Hall–Kier alpha value is -2.05. The summed E-state index contributed by atoms with van der Waals surface area (Å²) in [5.41, 5.74) is 1.59. The molecule has 1 N–H and O–H groups in total. The van der Waals surface area contributed by atoms with E-state index in [1.165, 1.54) is 0 Å². The molecule has 1 atom stereocenters. The van der Waals surface area contributed by atoms with Gasteiger partial charge in [-0.05, 0) is 42.7 Å². The largest absolute Gasteiger partial charge is 0.491 e. The van der Waals surface area contributed by atoms with Crippen LogP contribution in [0.4, 0.5) is 0 Å². The van der Waals surface area contributed by atoms with Gasteiger partial charge in [-0.2, -0.15) is 0 Å². The van der Waals surface area contributed by atoms with E-state index in [1.807, 2.05) is 24.3 Å². The SMILES string of the molecule is O=C(O)Cc1ccccc1OCc1cc(Br)cc(OC[C@H]2CCCO2)c1. The Kier molecular flexibility index (Phi) is 6.52. The molecule has 6 heteroatoms. The summed E-state index contributed by atoms with van der Waals surface area (Å²) < 4.78 is 18.2. The molecule has 0 aromatic heterocycles. The summed E-state index contributed by atoms with van der Waals surface area (Å²) in [4.78, 5) is 11.0. The van der Waals surface area contributed by atoms with Gasteiger partial charge in [0.1, 0.15) is 24.7 Å². The fraction of sp³-hybridized carbons (Fsp3) is 0.350. The number of benzene rings is 2. The Labute approximate surface area is 161 Å². The van der Waals surface area contributed by atoms with E-state index in [0.29, 0.717) is 24.5 Å². The number of carboxylic acid groups (broad SMARTS) is 1. The molecule has 2 aromatic rings. The van der Waals surface area contributed by atoms with Gasteiger partial charge in [0, 0.05) is 16.6 Å². The summed E-state index contributed by atoms with van der Waals surface area (Å²) in [6, 6.07) is 13.0. The Morgan fingerprint density at radius 1 is 1.23 bits per heavy atom. The molecule has 0 aliphatic carbocycles. The van der Waals surface area contributed by atoms with Crippen LogP contribution in [0.15, 0.2) is 46.9 Å². The van der Waals surface area contributed by atoms with Gasteiger partial charge < -0.3 is 19.3 Å². The van der Waals surface area contributed by atoms with Crippen LogP contribution in [0.25, 0.3) is 0 Å². The van der Waals surface area contributed by atoms with E-state index in [4.69, 9.17) is 19.3 Å². The molecular weight excluding hydrogens is 400 g/mol. The minimum Gasteiger partial charge on any atom is -0.491 e. The Morgan fingerprint density at radius 2 is 2.08 bits per heavy atom. The first-order valence-corrected chi connectivity index (χ1v) is 9.36. The fourth-order valence-electron chi connectivity index (χ4n) is 2.87. The van der Waals surface area contributed by atoms with Crippen LogP contribution >= 0.6 is 15.9 Å². The van der Waals surface area contributed by atoms with E-state index in [9.17, 15) is 4.79 Å². The van der Waals surface area contributed by atoms with Crippen molar-refractivity contribution in [2.45, 2.75) is 32.0 Å². The summed E-state index contributed by atoms with van der Waals surface area (Å²) in [7, 11) is 0. The van der Waals surface area contributed by atoms with Crippen LogP contribution in [0.3, 0.4) is 0 Å². The number of carboxylic acids is 1. The predicted molar refractivity (Wildman–Crippen MR) is 101 cm³/mol. The number of hydrogen-bond donors (Lipinski definition) is 1. The molecule has 0 bridgehead atoms. The Bertz CT molecular complexity index is 756. The van der Waals surface area contributed by atoms with Crippen LogP contribution in [0.1, 0.15) is 24.0 Å². The zero-order valence-electron chi connectivity index (χ0n) is 14.3. The standard InChI is InChI=1S/C20H21BrO5/c21-16-8-14(9-18(11-16)25-13-17-5-3-7-24-17)12-26-19-6-2-1-4-15(19)10-20(22)23/h1-2,4,6,8-9,11,17H,3,5,7,10,12-13H2,(H,22,23)/t17-/m1/s1. The quantitative estimate of drug-likeness (QED) is 0.692. The van der Waals surface area contributed by atoms with Gasteiger partial charge in [-0.3, -0.25) is 4.79 Å². The van der Waals surface area contributed by atoms with Crippen LogP contribution in [0.5, 0.6) is 11.5 Å². The highest BCUT2D eigenvalue weighted by Gasteiger charge is 2.16. The first kappa shape index (κ1) is 18.7. The van der Waals surface area contributed by atoms with Crippen molar-refractivity contribution in [1.82, 2.24) is 0 Å². The average molecular weight is 421 g/mol. The highest BCUT2D eigenvalue weighted by molar-refractivity contribution is 9.10. The molecule has 0 radical (unpaired) electrons. The fourth-order valence-corrected chi connectivity index (χ4v) is 3.39. The van der Waals surface area contributed by atoms with Gasteiger partial charge in [-0.1, -0.05) is 34.1 Å². The van der Waals surface area contributed by atoms with Crippen molar-refractivity contribution in [2.24, 2.45) is 0 Å². The minimum absolute atomic E-state index is 0.0651.